The molecule has 1 aliphatic carbocycles. The van der Waals surface area contributed by atoms with E-state index < -0.39 is 7.12 Å². The van der Waals surface area contributed by atoms with Crippen molar-refractivity contribution in [1.82, 2.24) is 9.78 Å². The van der Waals surface area contributed by atoms with Crippen molar-refractivity contribution >= 4 is 12.6 Å². The van der Waals surface area contributed by atoms with Gasteiger partial charge in [-0.25, -0.2) is 0 Å². The predicted octanol–water partition coefficient (Wildman–Crippen LogP) is -1.02. The van der Waals surface area contributed by atoms with Crippen molar-refractivity contribution in [2.75, 3.05) is 0 Å². The molecule has 1 aromatic rings. The lowest BCUT2D eigenvalue weighted by atomic mass is 9.79. The van der Waals surface area contributed by atoms with Crippen LogP contribution in [0.2, 0.25) is 0 Å². The smallest absolute Gasteiger partial charge is 0.423 e. The van der Waals surface area contributed by atoms with Crippen molar-refractivity contribution < 1.29 is 10.0 Å². The van der Waals surface area contributed by atoms with Gasteiger partial charge in [0.1, 0.15) is 0 Å². The molecule has 1 heterocycles. The van der Waals surface area contributed by atoms with Crippen LogP contribution in [-0.4, -0.2) is 26.9 Å². The summed E-state index contributed by atoms with van der Waals surface area (Å²) < 4.78 is 1.63. The Balaban J connectivity index is 2.36. The fraction of sp³-hybridized carbons (Fsp3) is 0.571. The molecule has 0 aromatic carbocycles. The fourth-order valence-corrected chi connectivity index (χ4v) is 1.40. The highest BCUT2D eigenvalue weighted by Gasteiger charge is 2.32. The second kappa shape index (κ2) is 2.60. The third-order valence-electron chi connectivity index (χ3n) is 2.13. The lowest BCUT2D eigenvalue weighted by molar-refractivity contribution is 0.425. The van der Waals surface area contributed by atoms with Crippen molar-refractivity contribution in [1.29, 1.82) is 0 Å². The summed E-state index contributed by atoms with van der Waals surface area (Å²) in [6.45, 7) is 0. The van der Waals surface area contributed by atoms with Crippen molar-refractivity contribution in [3.8, 4) is 0 Å². The topological polar surface area (TPSA) is 58.3 Å². The normalized spacial score (nSPS) is 16.6. The molecular formula is C7H11BN2O2. The largest absolute Gasteiger partial charge is 0.491 e. The number of hydrogen-bond donors (Lipinski definition) is 2. The number of rotatable bonds is 2. The maximum absolute atomic E-state index is 9.00. The van der Waals surface area contributed by atoms with Gasteiger partial charge in [0.05, 0.1) is 5.69 Å². The molecule has 0 bridgehead atoms. The number of aromatic nitrogens is 2. The van der Waals surface area contributed by atoms with Crippen LogP contribution in [0.4, 0.5) is 0 Å². The number of hydrogen-bond acceptors (Lipinski definition) is 3. The molecule has 4 nitrogen and oxygen atoms in total. The van der Waals surface area contributed by atoms with Gasteiger partial charge in [-0.1, -0.05) is 0 Å². The monoisotopic (exact) mass is 166 g/mol. The van der Waals surface area contributed by atoms with Crippen LogP contribution in [0.5, 0.6) is 0 Å². The summed E-state index contributed by atoms with van der Waals surface area (Å²) in [4.78, 5) is 0. The molecule has 0 unspecified atom stereocenters. The quantitative estimate of drug-likeness (QED) is 0.552. The Kier molecular flexibility index (Phi) is 1.70. The Hall–Kier alpha value is -0.805. The van der Waals surface area contributed by atoms with Crippen LogP contribution in [0.15, 0.2) is 6.20 Å². The first-order valence-corrected chi connectivity index (χ1v) is 4.08. The van der Waals surface area contributed by atoms with Gasteiger partial charge in [0.25, 0.3) is 0 Å². The zero-order valence-electron chi connectivity index (χ0n) is 6.94. The average Bonchev–Trinajstić information content (AvgIpc) is 2.75. The van der Waals surface area contributed by atoms with Gasteiger partial charge in [0, 0.05) is 24.6 Å². The highest BCUT2D eigenvalue weighted by molar-refractivity contribution is 6.59. The summed E-state index contributed by atoms with van der Waals surface area (Å²) in [5.41, 5.74) is 1.41. The van der Waals surface area contributed by atoms with Gasteiger partial charge in [0.2, 0.25) is 0 Å². The van der Waals surface area contributed by atoms with Gasteiger partial charge in [-0.15, -0.1) is 0 Å². The molecule has 12 heavy (non-hydrogen) atoms. The summed E-state index contributed by atoms with van der Waals surface area (Å²) in [5.74, 6) is 0.461. The van der Waals surface area contributed by atoms with E-state index in [0.717, 1.165) is 18.5 Å². The third-order valence-corrected chi connectivity index (χ3v) is 2.13. The Morgan fingerprint density at radius 1 is 1.58 bits per heavy atom. The first-order valence-electron chi connectivity index (χ1n) is 4.08. The Bertz CT molecular complexity index is 274. The summed E-state index contributed by atoms with van der Waals surface area (Å²) >= 11 is 0. The third kappa shape index (κ3) is 1.25. The lowest BCUT2D eigenvalue weighted by Gasteiger charge is -1.96. The molecule has 2 rings (SSSR count). The van der Waals surface area contributed by atoms with Crippen LogP contribution < -0.4 is 5.46 Å². The molecular weight excluding hydrogens is 155 g/mol. The van der Waals surface area contributed by atoms with Gasteiger partial charge in [0.15, 0.2) is 0 Å². The molecule has 0 radical (unpaired) electrons. The van der Waals surface area contributed by atoms with Crippen LogP contribution in [0.1, 0.15) is 24.5 Å². The zero-order valence-corrected chi connectivity index (χ0v) is 6.94. The Morgan fingerprint density at radius 2 is 2.25 bits per heavy atom. The number of nitrogens with zero attached hydrogens (tertiary/aromatic N) is 2. The molecule has 1 aromatic heterocycles. The van der Waals surface area contributed by atoms with Gasteiger partial charge in [-0.3, -0.25) is 4.68 Å². The average molecular weight is 166 g/mol. The molecule has 1 fully saturated rings. The molecule has 1 aliphatic rings. The lowest BCUT2D eigenvalue weighted by Crippen LogP contribution is -2.31. The standard InChI is InChI=1S/C7H11BN2O2/c1-10-4-6(8(11)12)7(9-10)5-2-3-5/h4-5,11-12H,2-3H2,1H3. The van der Waals surface area contributed by atoms with E-state index in [9.17, 15) is 0 Å². The Labute approximate surface area is 71.0 Å². The van der Waals surface area contributed by atoms with Crippen LogP contribution in [0, 0.1) is 0 Å². The highest BCUT2D eigenvalue weighted by Crippen LogP contribution is 2.38. The minimum atomic E-state index is -1.38. The first-order chi connectivity index (χ1) is 5.68. The minimum Gasteiger partial charge on any atom is -0.423 e. The van der Waals surface area contributed by atoms with E-state index in [0.29, 0.717) is 11.4 Å². The van der Waals surface area contributed by atoms with Gasteiger partial charge in [-0.2, -0.15) is 5.10 Å². The van der Waals surface area contributed by atoms with Crippen LogP contribution >= 0.6 is 0 Å². The molecule has 0 atom stereocenters. The SMILES string of the molecule is Cn1cc(B(O)O)c(C2CC2)n1. The van der Waals surface area contributed by atoms with Gasteiger partial charge >= 0.3 is 7.12 Å². The minimum absolute atomic E-state index is 0.461. The fourth-order valence-electron chi connectivity index (χ4n) is 1.40. The van der Waals surface area contributed by atoms with E-state index in [1.165, 1.54) is 0 Å². The first kappa shape index (κ1) is 7.82. The zero-order chi connectivity index (χ0) is 8.72. The van der Waals surface area contributed by atoms with Crippen molar-refractivity contribution in [3.05, 3.63) is 11.9 Å². The van der Waals surface area contributed by atoms with E-state index >= 15 is 0 Å². The van der Waals surface area contributed by atoms with Crippen LogP contribution in [-0.2, 0) is 7.05 Å². The summed E-state index contributed by atoms with van der Waals surface area (Å²) in [6, 6.07) is 0. The van der Waals surface area contributed by atoms with Crippen molar-refractivity contribution in [2.24, 2.45) is 7.05 Å². The molecule has 0 spiro atoms. The molecule has 0 saturated heterocycles. The number of aryl methyl sites for hydroxylation is 1. The summed E-state index contributed by atoms with van der Waals surface area (Å²) in [5, 5.41) is 22.2. The molecule has 1 saturated carbocycles. The van der Waals surface area contributed by atoms with Gasteiger partial charge < -0.3 is 10.0 Å². The van der Waals surface area contributed by atoms with E-state index in [1.807, 2.05) is 0 Å². The van der Waals surface area contributed by atoms with Crippen molar-refractivity contribution in [3.63, 3.8) is 0 Å². The molecule has 2 N–H and O–H groups in total. The second-order valence-electron chi connectivity index (χ2n) is 3.29. The van der Waals surface area contributed by atoms with E-state index in [2.05, 4.69) is 5.10 Å². The van der Waals surface area contributed by atoms with E-state index in [-0.39, 0.29) is 0 Å². The highest BCUT2D eigenvalue weighted by atomic mass is 16.4. The van der Waals surface area contributed by atoms with Gasteiger partial charge in [-0.05, 0) is 12.8 Å². The molecule has 0 aliphatic heterocycles. The summed E-state index contributed by atoms with van der Waals surface area (Å²) in [7, 11) is 0.409. The molecule has 64 valence electrons. The van der Waals surface area contributed by atoms with E-state index in [4.69, 9.17) is 10.0 Å². The van der Waals surface area contributed by atoms with Crippen LogP contribution in [0.25, 0.3) is 0 Å². The molecule has 5 heteroatoms. The predicted molar refractivity (Wildman–Crippen MR) is 45.0 cm³/mol. The maximum atomic E-state index is 9.00. The van der Waals surface area contributed by atoms with E-state index in [1.54, 1.807) is 17.9 Å². The Morgan fingerprint density at radius 3 is 2.75 bits per heavy atom. The maximum Gasteiger partial charge on any atom is 0.491 e. The summed E-state index contributed by atoms with van der Waals surface area (Å²) in [6.07, 6.45) is 3.91. The second-order valence-corrected chi connectivity index (χ2v) is 3.29. The van der Waals surface area contributed by atoms with Crippen LogP contribution in [0.3, 0.4) is 0 Å². The molecule has 0 amide bonds. The van der Waals surface area contributed by atoms with Crippen molar-refractivity contribution in [2.45, 2.75) is 18.8 Å².